The lowest BCUT2D eigenvalue weighted by molar-refractivity contribution is -0.113. The second-order valence-electron chi connectivity index (χ2n) is 4.32. The third-order valence-electron chi connectivity index (χ3n) is 2.77. The lowest BCUT2D eigenvalue weighted by Gasteiger charge is -2.18. The molecule has 2 heterocycles. The predicted molar refractivity (Wildman–Crippen MR) is 86.2 cm³/mol. The van der Waals surface area contributed by atoms with Gasteiger partial charge in [-0.2, -0.15) is 0 Å². The molecule has 0 unspecified atom stereocenters. The third kappa shape index (κ3) is 3.60. The lowest BCUT2D eigenvalue weighted by atomic mass is 10.2. The second-order valence-corrected chi connectivity index (χ2v) is 6.52. The number of nitrogens with one attached hydrogen (secondary N) is 2. The Morgan fingerprint density at radius 3 is 2.91 bits per heavy atom. The first-order chi connectivity index (χ1) is 10.7. The molecule has 0 aliphatic carbocycles. The molecule has 0 atom stereocenters. The van der Waals surface area contributed by atoms with Crippen LogP contribution >= 0.6 is 23.1 Å². The number of nitrogens with zero attached hydrogens (tertiary/aromatic N) is 2. The Kier molecular flexibility index (Phi) is 4.64. The molecule has 2 N–H and O–H groups in total. The van der Waals surface area contributed by atoms with E-state index in [0.29, 0.717) is 30.4 Å². The molecule has 1 aromatic carbocycles. The molecule has 116 valence electrons. The molecule has 0 fully saturated rings. The van der Waals surface area contributed by atoms with E-state index in [1.807, 2.05) is 0 Å². The van der Waals surface area contributed by atoms with Gasteiger partial charge in [-0.15, -0.1) is 10.2 Å². The van der Waals surface area contributed by atoms with E-state index < -0.39 is 0 Å². The molecule has 1 amide bonds. The minimum atomic E-state index is -0.108. The number of amides is 1. The van der Waals surface area contributed by atoms with E-state index in [0.717, 1.165) is 9.47 Å². The largest absolute Gasteiger partial charge is 0.486 e. The normalized spacial score (nSPS) is 12.8. The van der Waals surface area contributed by atoms with Crippen LogP contribution < -0.4 is 20.1 Å². The highest BCUT2D eigenvalue weighted by Gasteiger charge is 2.13. The first-order valence-electron chi connectivity index (χ1n) is 6.58. The van der Waals surface area contributed by atoms with Crippen molar-refractivity contribution in [3.8, 4) is 11.5 Å². The second kappa shape index (κ2) is 6.84. The van der Waals surface area contributed by atoms with Crippen molar-refractivity contribution < 1.29 is 14.3 Å². The molecule has 0 spiro atoms. The molecule has 9 heteroatoms. The van der Waals surface area contributed by atoms with Crippen LogP contribution in [0, 0.1) is 0 Å². The van der Waals surface area contributed by atoms with Crippen molar-refractivity contribution in [2.24, 2.45) is 0 Å². The molecule has 2 aromatic rings. The Morgan fingerprint density at radius 1 is 1.32 bits per heavy atom. The van der Waals surface area contributed by atoms with E-state index in [2.05, 4.69) is 20.8 Å². The van der Waals surface area contributed by atoms with Crippen LogP contribution in [0.2, 0.25) is 0 Å². The zero-order chi connectivity index (χ0) is 15.4. The Morgan fingerprint density at radius 2 is 2.14 bits per heavy atom. The van der Waals surface area contributed by atoms with Crippen LogP contribution in [0.15, 0.2) is 22.5 Å². The zero-order valence-corrected chi connectivity index (χ0v) is 13.4. The van der Waals surface area contributed by atoms with Crippen molar-refractivity contribution in [3.63, 3.8) is 0 Å². The Balaban J connectivity index is 1.55. The fraction of sp³-hybridized carbons (Fsp3) is 0.308. The Labute approximate surface area is 135 Å². The number of fused-ring (bicyclic) bond motifs is 1. The minimum Gasteiger partial charge on any atom is -0.486 e. The van der Waals surface area contributed by atoms with Crippen molar-refractivity contribution in [1.82, 2.24) is 10.2 Å². The first-order valence-corrected chi connectivity index (χ1v) is 8.38. The summed E-state index contributed by atoms with van der Waals surface area (Å²) < 4.78 is 11.7. The summed E-state index contributed by atoms with van der Waals surface area (Å²) in [5, 5.41) is 14.4. The lowest BCUT2D eigenvalue weighted by Crippen LogP contribution is -2.17. The first kappa shape index (κ1) is 14.9. The van der Waals surface area contributed by atoms with Gasteiger partial charge >= 0.3 is 0 Å². The van der Waals surface area contributed by atoms with Gasteiger partial charge in [-0.1, -0.05) is 23.1 Å². The van der Waals surface area contributed by atoms with Gasteiger partial charge in [-0.3, -0.25) is 4.79 Å². The topological polar surface area (TPSA) is 85.4 Å². The van der Waals surface area contributed by atoms with Gasteiger partial charge in [0, 0.05) is 18.8 Å². The molecule has 1 aromatic heterocycles. The van der Waals surface area contributed by atoms with Crippen molar-refractivity contribution in [3.05, 3.63) is 18.2 Å². The highest BCUT2D eigenvalue weighted by atomic mass is 32.2. The number of aromatic nitrogens is 2. The van der Waals surface area contributed by atoms with Gasteiger partial charge in [0.05, 0.1) is 5.75 Å². The van der Waals surface area contributed by atoms with Crippen LogP contribution in [0.5, 0.6) is 11.5 Å². The van der Waals surface area contributed by atoms with Gasteiger partial charge in [-0.05, 0) is 12.1 Å². The molecule has 0 bridgehead atoms. The number of hydrogen-bond donors (Lipinski definition) is 2. The fourth-order valence-corrected chi connectivity index (χ4v) is 3.32. The molecule has 1 aliphatic heterocycles. The van der Waals surface area contributed by atoms with Crippen LogP contribution in [-0.4, -0.2) is 42.1 Å². The van der Waals surface area contributed by atoms with E-state index in [-0.39, 0.29) is 11.7 Å². The van der Waals surface area contributed by atoms with Crippen LogP contribution in [0.25, 0.3) is 0 Å². The maximum absolute atomic E-state index is 12.0. The summed E-state index contributed by atoms with van der Waals surface area (Å²) in [5.74, 6) is 1.52. The quantitative estimate of drug-likeness (QED) is 0.807. The highest BCUT2D eigenvalue weighted by Crippen LogP contribution is 2.32. The fourth-order valence-electron chi connectivity index (χ4n) is 1.81. The third-order valence-corrected chi connectivity index (χ3v) is 4.85. The molecular weight excluding hydrogens is 324 g/mol. The molecule has 0 radical (unpaired) electrons. The number of hydrogen-bond acceptors (Lipinski definition) is 8. The molecule has 1 aliphatic rings. The summed E-state index contributed by atoms with van der Waals surface area (Å²) in [6.45, 7) is 1.07. The number of anilines is 2. The van der Waals surface area contributed by atoms with Gasteiger partial charge in [0.2, 0.25) is 11.0 Å². The van der Waals surface area contributed by atoms with Gasteiger partial charge in [0.1, 0.15) is 13.2 Å². The van der Waals surface area contributed by atoms with Crippen molar-refractivity contribution in [1.29, 1.82) is 0 Å². The maximum Gasteiger partial charge on any atom is 0.234 e. The summed E-state index contributed by atoms with van der Waals surface area (Å²) in [7, 11) is 1.78. The van der Waals surface area contributed by atoms with E-state index >= 15 is 0 Å². The number of thioether (sulfide) groups is 1. The molecule has 7 nitrogen and oxygen atoms in total. The standard InChI is InChI=1S/C13H14N4O3S2/c1-14-12-16-17-13(22-12)21-7-11(18)15-8-2-3-9-10(6-8)20-5-4-19-9/h2-3,6H,4-5,7H2,1H3,(H,14,16)(H,15,18). The molecular formula is C13H14N4O3S2. The molecule has 3 rings (SSSR count). The number of benzene rings is 1. The summed E-state index contributed by atoms with van der Waals surface area (Å²) in [4.78, 5) is 12.0. The van der Waals surface area contributed by atoms with E-state index in [9.17, 15) is 4.79 Å². The SMILES string of the molecule is CNc1nnc(SCC(=O)Nc2ccc3c(c2)OCCO3)s1. The van der Waals surface area contributed by atoms with Gasteiger partial charge in [0.25, 0.3) is 0 Å². The average molecular weight is 338 g/mol. The summed E-state index contributed by atoms with van der Waals surface area (Å²) in [6.07, 6.45) is 0. The van der Waals surface area contributed by atoms with E-state index in [4.69, 9.17) is 9.47 Å². The highest BCUT2D eigenvalue weighted by molar-refractivity contribution is 8.01. The molecule has 22 heavy (non-hydrogen) atoms. The van der Waals surface area contributed by atoms with Gasteiger partial charge < -0.3 is 20.1 Å². The Bertz CT molecular complexity index is 677. The summed E-state index contributed by atoms with van der Waals surface area (Å²) >= 11 is 2.76. The van der Waals surface area contributed by atoms with Crippen LogP contribution in [-0.2, 0) is 4.79 Å². The van der Waals surface area contributed by atoms with Crippen molar-refractivity contribution in [2.45, 2.75) is 4.34 Å². The average Bonchev–Trinajstić information content (AvgIpc) is 3.01. The number of carbonyl (C=O) groups excluding carboxylic acids is 1. The zero-order valence-electron chi connectivity index (χ0n) is 11.8. The maximum atomic E-state index is 12.0. The van der Waals surface area contributed by atoms with Gasteiger partial charge in [0.15, 0.2) is 15.8 Å². The van der Waals surface area contributed by atoms with Gasteiger partial charge in [-0.25, -0.2) is 0 Å². The summed E-state index contributed by atoms with van der Waals surface area (Å²) in [5.41, 5.74) is 0.683. The number of rotatable bonds is 5. The van der Waals surface area contributed by atoms with Crippen molar-refractivity contribution in [2.75, 3.05) is 36.6 Å². The predicted octanol–water partition coefficient (Wildman–Crippen LogP) is 2.08. The van der Waals surface area contributed by atoms with Crippen molar-refractivity contribution >= 4 is 39.8 Å². The van der Waals surface area contributed by atoms with E-state index in [1.165, 1.54) is 23.1 Å². The molecule has 0 saturated heterocycles. The van der Waals surface area contributed by atoms with Crippen LogP contribution in [0.3, 0.4) is 0 Å². The van der Waals surface area contributed by atoms with E-state index in [1.54, 1.807) is 25.2 Å². The monoisotopic (exact) mass is 338 g/mol. The van der Waals surface area contributed by atoms with Crippen LogP contribution in [0.1, 0.15) is 0 Å². The number of carbonyl (C=O) groups is 1. The smallest absolute Gasteiger partial charge is 0.234 e. The number of ether oxygens (including phenoxy) is 2. The Hall–Kier alpha value is -2.00. The molecule has 0 saturated carbocycles. The minimum absolute atomic E-state index is 0.108. The van der Waals surface area contributed by atoms with Crippen LogP contribution in [0.4, 0.5) is 10.8 Å². The summed E-state index contributed by atoms with van der Waals surface area (Å²) in [6, 6.07) is 5.35.